The highest BCUT2D eigenvalue weighted by Gasteiger charge is 2.14. The van der Waals surface area contributed by atoms with Gasteiger partial charge in [0.25, 0.3) is 0 Å². The predicted octanol–water partition coefficient (Wildman–Crippen LogP) is 4.45. The van der Waals surface area contributed by atoms with Crippen LogP contribution in [0.4, 0.5) is 0 Å². The molecule has 0 aliphatic carbocycles. The van der Waals surface area contributed by atoms with Gasteiger partial charge in [0.2, 0.25) is 0 Å². The summed E-state index contributed by atoms with van der Waals surface area (Å²) in [6, 6.07) is 9.37. The minimum Gasteiger partial charge on any atom is -0.490 e. The molecule has 0 aliphatic rings. The topological polar surface area (TPSA) is 53.7 Å². The van der Waals surface area contributed by atoms with Gasteiger partial charge in [-0.1, -0.05) is 36.0 Å². The molecule has 0 aliphatic heterocycles. The van der Waals surface area contributed by atoms with Crippen LogP contribution in [-0.4, -0.2) is 24.8 Å². The number of nitrogens with two attached hydrogens (primary N) is 1. The van der Waals surface area contributed by atoms with Gasteiger partial charge in [0, 0.05) is 5.56 Å². The summed E-state index contributed by atoms with van der Waals surface area (Å²) in [7, 11) is 0. The Balaban J connectivity index is 2.04. The number of benzene rings is 2. The second-order valence-corrected chi connectivity index (χ2v) is 6.32. The zero-order valence-electron chi connectivity index (χ0n) is 14.6. The number of ether oxygens (including phenoxy) is 3. The van der Waals surface area contributed by atoms with Gasteiger partial charge < -0.3 is 19.9 Å². The van der Waals surface area contributed by atoms with E-state index in [9.17, 15) is 0 Å². The third-order valence-electron chi connectivity index (χ3n) is 3.74. The third-order valence-corrected chi connectivity index (χ3v) is 4.25. The molecule has 6 heteroatoms. The van der Waals surface area contributed by atoms with Crippen molar-refractivity contribution in [1.29, 1.82) is 0 Å². The Hall–Kier alpha value is -1.98. The number of hydrogen-bond donors (Lipinski definition) is 1. The highest BCUT2D eigenvalue weighted by Crippen LogP contribution is 2.36. The minimum atomic E-state index is 0.257. The molecular formula is C19H22ClNO3S. The molecule has 0 radical (unpaired) electrons. The first-order chi connectivity index (χ1) is 11.9. The average Bonchev–Trinajstić information content (AvgIpc) is 2.57. The molecule has 4 nitrogen and oxygen atoms in total. The molecule has 25 heavy (non-hydrogen) atoms. The lowest BCUT2D eigenvalue weighted by atomic mass is 10.1. The zero-order chi connectivity index (χ0) is 18.4. The van der Waals surface area contributed by atoms with Crippen molar-refractivity contribution < 1.29 is 14.2 Å². The smallest absolute Gasteiger partial charge is 0.179 e. The molecule has 0 bridgehead atoms. The van der Waals surface area contributed by atoms with Gasteiger partial charge in [-0.15, -0.1) is 0 Å². The quantitative estimate of drug-likeness (QED) is 0.542. The van der Waals surface area contributed by atoms with Crippen LogP contribution in [0.5, 0.6) is 17.2 Å². The van der Waals surface area contributed by atoms with Crippen molar-refractivity contribution in [2.45, 2.75) is 20.8 Å². The maximum Gasteiger partial charge on any atom is 0.179 e. The van der Waals surface area contributed by atoms with E-state index in [4.69, 9.17) is 43.8 Å². The van der Waals surface area contributed by atoms with E-state index in [0.717, 1.165) is 11.3 Å². The SMILES string of the molecule is CCOc1cc(C(N)=S)cc(Cl)c1OCCOc1cccc(C)c1C. The van der Waals surface area contributed by atoms with Crippen molar-refractivity contribution in [1.82, 2.24) is 0 Å². The van der Waals surface area contributed by atoms with Crippen LogP contribution in [0.3, 0.4) is 0 Å². The van der Waals surface area contributed by atoms with Gasteiger partial charge in [0.05, 0.1) is 11.6 Å². The molecule has 0 saturated carbocycles. The summed E-state index contributed by atoms with van der Waals surface area (Å²) >= 11 is 11.3. The summed E-state index contributed by atoms with van der Waals surface area (Å²) in [5.74, 6) is 1.83. The number of aryl methyl sites for hydroxylation is 1. The van der Waals surface area contributed by atoms with Crippen LogP contribution in [0, 0.1) is 13.8 Å². The molecule has 0 saturated heterocycles. The Kier molecular flexibility index (Phi) is 6.91. The van der Waals surface area contributed by atoms with Crippen molar-refractivity contribution in [3.05, 3.63) is 52.0 Å². The number of rotatable bonds is 8. The fourth-order valence-corrected chi connectivity index (χ4v) is 2.67. The summed E-state index contributed by atoms with van der Waals surface area (Å²) in [5, 5.41) is 0.403. The van der Waals surface area contributed by atoms with Gasteiger partial charge in [0.1, 0.15) is 24.0 Å². The third kappa shape index (κ3) is 5.00. The molecule has 2 aromatic rings. The summed E-state index contributed by atoms with van der Waals surface area (Å²) in [5.41, 5.74) is 8.62. The fourth-order valence-electron chi connectivity index (χ4n) is 2.29. The van der Waals surface area contributed by atoms with E-state index >= 15 is 0 Å². The van der Waals surface area contributed by atoms with Crippen LogP contribution >= 0.6 is 23.8 Å². The lowest BCUT2D eigenvalue weighted by molar-refractivity contribution is 0.207. The van der Waals surface area contributed by atoms with Crippen LogP contribution in [0.1, 0.15) is 23.6 Å². The Bertz CT molecular complexity index is 765. The molecule has 0 spiro atoms. The number of halogens is 1. The standard InChI is InChI=1S/C19H22ClNO3S/c1-4-22-17-11-14(19(21)25)10-15(20)18(17)24-9-8-23-16-7-5-6-12(2)13(16)3/h5-7,10-11H,4,8-9H2,1-3H3,(H2,21,25). The highest BCUT2D eigenvalue weighted by atomic mass is 35.5. The van der Waals surface area contributed by atoms with E-state index in [1.807, 2.05) is 26.0 Å². The van der Waals surface area contributed by atoms with Crippen LogP contribution in [0.25, 0.3) is 0 Å². The zero-order valence-corrected chi connectivity index (χ0v) is 16.2. The van der Waals surface area contributed by atoms with E-state index in [-0.39, 0.29) is 4.99 Å². The molecule has 0 heterocycles. The van der Waals surface area contributed by atoms with Crippen molar-refractivity contribution in [3.8, 4) is 17.2 Å². The van der Waals surface area contributed by atoms with E-state index in [0.29, 0.717) is 41.9 Å². The first-order valence-electron chi connectivity index (χ1n) is 8.02. The predicted molar refractivity (Wildman–Crippen MR) is 105 cm³/mol. The van der Waals surface area contributed by atoms with Crippen LogP contribution < -0.4 is 19.9 Å². The van der Waals surface area contributed by atoms with Gasteiger partial charge in [-0.3, -0.25) is 0 Å². The van der Waals surface area contributed by atoms with Gasteiger partial charge in [-0.25, -0.2) is 0 Å². The van der Waals surface area contributed by atoms with Crippen molar-refractivity contribution in [2.75, 3.05) is 19.8 Å². The monoisotopic (exact) mass is 379 g/mol. The van der Waals surface area contributed by atoms with Crippen LogP contribution in [-0.2, 0) is 0 Å². The molecule has 0 amide bonds. The molecule has 0 aromatic heterocycles. The van der Waals surface area contributed by atoms with Crippen molar-refractivity contribution in [3.63, 3.8) is 0 Å². The normalized spacial score (nSPS) is 10.4. The summed E-state index contributed by atoms with van der Waals surface area (Å²) in [6.45, 7) is 7.17. The van der Waals surface area contributed by atoms with Crippen molar-refractivity contribution >= 4 is 28.8 Å². The van der Waals surface area contributed by atoms with Gasteiger partial charge in [-0.05, 0) is 50.1 Å². The van der Waals surface area contributed by atoms with Crippen LogP contribution in [0.15, 0.2) is 30.3 Å². The first-order valence-corrected chi connectivity index (χ1v) is 8.80. The molecule has 134 valence electrons. The van der Waals surface area contributed by atoms with E-state index < -0.39 is 0 Å². The van der Waals surface area contributed by atoms with Gasteiger partial charge in [0.15, 0.2) is 11.5 Å². The largest absolute Gasteiger partial charge is 0.490 e. The average molecular weight is 380 g/mol. The van der Waals surface area contributed by atoms with E-state index in [1.54, 1.807) is 12.1 Å². The Morgan fingerprint density at radius 3 is 2.48 bits per heavy atom. The summed E-state index contributed by atoms with van der Waals surface area (Å²) < 4.78 is 17.2. The lowest BCUT2D eigenvalue weighted by Crippen LogP contribution is -2.13. The molecule has 0 atom stereocenters. The maximum absolute atomic E-state index is 6.30. The summed E-state index contributed by atoms with van der Waals surface area (Å²) in [4.78, 5) is 0.257. The Morgan fingerprint density at radius 1 is 1.08 bits per heavy atom. The molecule has 2 aromatic carbocycles. The van der Waals surface area contributed by atoms with Gasteiger partial charge >= 0.3 is 0 Å². The second kappa shape index (κ2) is 8.92. The molecule has 0 unspecified atom stereocenters. The second-order valence-electron chi connectivity index (χ2n) is 5.48. The lowest BCUT2D eigenvalue weighted by Gasteiger charge is -2.16. The fraction of sp³-hybridized carbons (Fsp3) is 0.316. The van der Waals surface area contributed by atoms with Gasteiger partial charge in [-0.2, -0.15) is 0 Å². The van der Waals surface area contributed by atoms with E-state index in [2.05, 4.69) is 13.0 Å². The first kappa shape index (κ1) is 19.3. The van der Waals surface area contributed by atoms with E-state index in [1.165, 1.54) is 5.56 Å². The van der Waals surface area contributed by atoms with Crippen molar-refractivity contribution in [2.24, 2.45) is 5.73 Å². The molecular weight excluding hydrogens is 358 g/mol. The Morgan fingerprint density at radius 2 is 1.80 bits per heavy atom. The Labute approximate surface area is 158 Å². The van der Waals surface area contributed by atoms with Crippen LogP contribution in [0.2, 0.25) is 5.02 Å². The molecule has 0 fully saturated rings. The summed E-state index contributed by atoms with van der Waals surface area (Å²) in [6.07, 6.45) is 0. The number of hydrogen-bond acceptors (Lipinski definition) is 4. The number of thiocarbonyl (C=S) groups is 1. The minimum absolute atomic E-state index is 0.257. The molecule has 2 rings (SSSR count). The highest BCUT2D eigenvalue weighted by molar-refractivity contribution is 7.80. The maximum atomic E-state index is 6.30. The molecule has 2 N–H and O–H groups in total.